The molecule has 0 amide bonds. The van der Waals surface area contributed by atoms with Gasteiger partial charge in [-0.2, -0.15) is 0 Å². The van der Waals surface area contributed by atoms with Gasteiger partial charge in [0.15, 0.2) is 0 Å². The molecule has 2 rings (SSSR count). The third kappa shape index (κ3) is 0.916. The molecule has 1 aromatic carbocycles. The Morgan fingerprint density at radius 2 is 2.00 bits per heavy atom. The number of phenolic OH excluding ortho intramolecular Hbond substituents is 1. The van der Waals surface area contributed by atoms with E-state index in [4.69, 9.17) is 0 Å². The lowest BCUT2D eigenvalue weighted by molar-refractivity contribution is 0.112. The molecule has 1 aliphatic rings. The van der Waals surface area contributed by atoms with E-state index in [-0.39, 0.29) is 0 Å². The number of aromatic hydroxyl groups is 1. The van der Waals surface area contributed by atoms with E-state index in [9.17, 15) is 9.90 Å². The number of carbonyl (C=O) groups is 1. The highest BCUT2D eigenvalue weighted by Crippen LogP contribution is 2.31. The van der Waals surface area contributed by atoms with Gasteiger partial charge in [-0.3, -0.25) is 4.79 Å². The van der Waals surface area contributed by atoms with Crippen LogP contribution in [0.1, 0.15) is 27.9 Å². The lowest BCUT2D eigenvalue weighted by atomic mass is 10.0. The lowest BCUT2D eigenvalue weighted by Gasteiger charge is -2.03. The van der Waals surface area contributed by atoms with E-state index < -0.39 is 0 Å². The van der Waals surface area contributed by atoms with Crippen molar-refractivity contribution in [1.29, 1.82) is 0 Å². The van der Waals surface area contributed by atoms with Gasteiger partial charge >= 0.3 is 0 Å². The number of hydrogen-bond acceptors (Lipinski definition) is 2. The number of rotatable bonds is 1. The van der Waals surface area contributed by atoms with Gasteiger partial charge in [-0.15, -0.1) is 0 Å². The van der Waals surface area contributed by atoms with Gasteiger partial charge in [0.2, 0.25) is 0 Å². The number of aldehydes is 1. The minimum Gasteiger partial charge on any atom is -0.508 e. The van der Waals surface area contributed by atoms with Crippen molar-refractivity contribution in [3.05, 3.63) is 28.8 Å². The maximum Gasteiger partial charge on any atom is 0.150 e. The van der Waals surface area contributed by atoms with Crippen molar-refractivity contribution >= 4 is 6.29 Å². The van der Waals surface area contributed by atoms with Crippen molar-refractivity contribution in [2.75, 3.05) is 0 Å². The molecule has 12 heavy (non-hydrogen) atoms. The van der Waals surface area contributed by atoms with Gasteiger partial charge in [0.1, 0.15) is 12.0 Å². The maximum absolute atomic E-state index is 10.6. The molecule has 0 saturated heterocycles. The van der Waals surface area contributed by atoms with E-state index in [0.717, 1.165) is 42.2 Å². The fourth-order valence-electron chi connectivity index (χ4n) is 1.83. The Labute approximate surface area is 70.8 Å². The summed E-state index contributed by atoms with van der Waals surface area (Å²) in [7, 11) is 0. The van der Waals surface area contributed by atoms with Crippen LogP contribution in [0.4, 0.5) is 0 Å². The molecule has 0 radical (unpaired) electrons. The number of benzene rings is 1. The van der Waals surface area contributed by atoms with Crippen LogP contribution in [0.25, 0.3) is 0 Å². The van der Waals surface area contributed by atoms with Crippen molar-refractivity contribution in [1.82, 2.24) is 0 Å². The van der Waals surface area contributed by atoms with E-state index in [1.807, 2.05) is 0 Å². The minimum atomic E-state index is 0.341. The van der Waals surface area contributed by atoms with E-state index in [1.54, 1.807) is 12.1 Å². The molecular formula is C10H10O2. The van der Waals surface area contributed by atoms with Gasteiger partial charge < -0.3 is 5.11 Å². The second-order valence-electron chi connectivity index (χ2n) is 3.10. The summed E-state index contributed by atoms with van der Waals surface area (Å²) in [5, 5.41) is 9.44. The second kappa shape index (κ2) is 2.63. The molecular weight excluding hydrogens is 152 g/mol. The monoisotopic (exact) mass is 162 g/mol. The summed E-state index contributed by atoms with van der Waals surface area (Å²) in [6.45, 7) is 0. The fraction of sp³-hybridized carbons (Fsp3) is 0.300. The number of phenols is 1. The van der Waals surface area contributed by atoms with Crippen LogP contribution in [0.2, 0.25) is 0 Å². The Balaban J connectivity index is 2.64. The van der Waals surface area contributed by atoms with Gasteiger partial charge in [-0.25, -0.2) is 0 Å². The Morgan fingerprint density at radius 3 is 2.75 bits per heavy atom. The summed E-state index contributed by atoms with van der Waals surface area (Å²) in [5.74, 6) is 0.341. The van der Waals surface area contributed by atoms with E-state index in [0.29, 0.717) is 5.75 Å². The molecule has 0 unspecified atom stereocenters. The van der Waals surface area contributed by atoms with Crippen LogP contribution in [-0.2, 0) is 12.8 Å². The Kier molecular flexibility index (Phi) is 1.61. The number of hydrogen-bond donors (Lipinski definition) is 1. The summed E-state index contributed by atoms with van der Waals surface area (Å²) in [6, 6.07) is 3.29. The van der Waals surface area contributed by atoms with E-state index >= 15 is 0 Å². The van der Waals surface area contributed by atoms with Crippen molar-refractivity contribution in [2.24, 2.45) is 0 Å². The smallest absolute Gasteiger partial charge is 0.150 e. The Bertz CT molecular complexity index is 329. The molecule has 0 spiro atoms. The zero-order valence-electron chi connectivity index (χ0n) is 6.71. The van der Waals surface area contributed by atoms with Crippen LogP contribution < -0.4 is 0 Å². The predicted molar refractivity (Wildman–Crippen MR) is 45.5 cm³/mol. The van der Waals surface area contributed by atoms with Gasteiger partial charge in [-0.1, -0.05) is 0 Å². The summed E-state index contributed by atoms with van der Waals surface area (Å²) in [4.78, 5) is 10.6. The molecule has 0 aliphatic heterocycles. The number of carbonyl (C=O) groups excluding carboxylic acids is 1. The van der Waals surface area contributed by atoms with Crippen molar-refractivity contribution in [3.63, 3.8) is 0 Å². The Hall–Kier alpha value is -1.31. The Morgan fingerprint density at radius 1 is 1.25 bits per heavy atom. The molecule has 0 aromatic heterocycles. The van der Waals surface area contributed by atoms with Crippen LogP contribution in [0, 0.1) is 0 Å². The minimum absolute atomic E-state index is 0.341. The number of fused-ring (bicyclic) bond motifs is 1. The van der Waals surface area contributed by atoms with E-state index in [2.05, 4.69) is 0 Å². The zero-order valence-corrected chi connectivity index (χ0v) is 6.71. The zero-order chi connectivity index (χ0) is 8.55. The third-order valence-electron chi connectivity index (χ3n) is 2.42. The van der Waals surface area contributed by atoms with Crippen LogP contribution in [0.5, 0.6) is 5.75 Å². The molecule has 0 fully saturated rings. The molecule has 0 atom stereocenters. The SMILES string of the molecule is O=Cc1ccc(O)c2c1CCC2. The highest BCUT2D eigenvalue weighted by Gasteiger charge is 2.17. The third-order valence-corrected chi connectivity index (χ3v) is 2.42. The molecule has 2 heteroatoms. The van der Waals surface area contributed by atoms with Gasteiger partial charge in [0.25, 0.3) is 0 Å². The summed E-state index contributed by atoms with van der Waals surface area (Å²) in [5.41, 5.74) is 2.75. The topological polar surface area (TPSA) is 37.3 Å². The van der Waals surface area contributed by atoms with Gasteiger partial charge in [0.05, 0.1) is 0 Å². The standard InChI is InChI=1S/C10H10O2/c11-6-7-4-5-10(12)9-3-1-2-8(7)9/h4-6,12H,1-3H2. The lowest BCUT2D eigenvalue weighted by Crippen LogP contribution is -1.90. The highest BCUT2D eigenvalue weighted by molar-refractivity contribution is 5.79. The first-order valence-electron chi connectivity index (χ1n) is 4.12. The largest absolute Gasteiger partial charge is 0.508 e. The molecule has 0 saturated carbocycles. The second-order valence-corrected chi connectivity index (χ2v) is 3.10. The molecule has 1 N–H and O–H groups in total. The van der Waals surface area contributed by atoms with Crippen LogP contribution in [0.3, 0.4) is 0 Å². The first-order chi connectivity index (χ1) is 5.83. The molecule has 1 aromatic rings. The van der Waals surface area contributed by atoms with Crippen molar-refractivity contribution in [2.45, 2.75) is 19.3 Å². The first kappa shape index (κ1) is 7.35. The van der Waals surface area contributed by atoms with Crippen molar-refractivity contribution in [3.8, 4) is 5.75 Å². The molecule has 2 nitrogen and oxygen atoms in total. The van der Waals surface area contributed by atoms with Crippen molar-refractivity contribution < 1.29 is 9.90 Å². The molecule has 1 aliphatic carbocycles. The average molecular weight is 162 g/mol. The van der Waals surface area contributed by atoms with E-state index in [1.165, 1.54) is 0 Å². The normalized spacial score (nSPS) is 14.3. The molecule has 0 heterocycles. The average Bonchev–Trinajstić information content (AvgIpc) is 2.54. The molecule has 62 valence electrons. The van der Waals surface area contributed by atoms with Gasteiger partial charge in [0, 0.05) is 5.56 Å². The maximum atomic E-state index is 10.6. The highest BCUT2D eigenvalue weighted by atomic mass is 16.3. The molecule has 0 bridgehead atoms. The first-order valence-corrected chi connectivity index (χ1v) is 4.12. The fourth-order valence-corrected chi connectivity index (χ4v) is 1.83. The quantitative estimate of drug-likeness (QED) is 0.638. The summed E-state index contributed by atoms with van der Waals surface area (Å²) < 4.78 is 0. The summed E-state index contributed by atoms with van der Waals surface area (Å²) in [6.07, 6.45) is 3.75. The predicted octanol–water partition coefficient (Wildman–Crippen LogP) is 1.69. The van der Waals surface area contributed by atoms with Crippen LogP contribution >= 0.6 is 0 Å². The van der Waals surface area contributed by atoms with Crippen LogP contribution in [0.15, 0.2) is 12.1 Å². The van der Waals surface area contributed by atoms with Gasteiger partial charge in [-0.05, 0) is 42.5 Å². The van der Waals surface area contributed by atoms with Crippen LogP contribution in [-0.4, -0.2) is 11.4 Å². The summed E-state index contributed by atoms with van der Waals surface area (Å²) >= 11 is 0.